The molecule has 3 amide bonds. The minimum absolute atomic E-state index is 0.0797. The number of methoxy groups -OCH3 is 4. The molecule has 2 fully saturated rings. The molecule has 0 aliphatic carbocycles. The van der Waals surface area contributed by atoms with Crippen molar-refractivity contribution in [1.82, 2.24) is 40.4 Å². The molecular weight excluding hydrogens is 821 g/mol. The van der Waals surface area contributed by atoms with Gasteiger partial charge >= 0.3 is 12.2 Å². The van der Waals surface area contributed by atoms with Crippen LogP contribution < -0.4 is 15.4 Å². The Kier molecular flexibility index (Phi) is 13.1. The molecular formula is C47H60N8O9. The first-order chi connectivity index (χ1) is 30.8. The van der Waals surface area contributed by atoms with E-state index in [1.165, 1.54) is 21.3 Å². The van der Waals surface area contributed by atoms with Crippen molar-refractivity contribution in [2.24, 2.45) is 17.8 Å². The number of hydrogen-bond donors (Lipinski definition) is 5. The number of likely N-dealkylation sites (tertiary alicyclic amines) is 2. The summed E-state index contributed by atoms with van der Waals surface area (Å²) in [6, 6.07) is 12.6. The van der Waals surface area contributed by atoms with Crippen LogP contribution in [0.15, 0.2) is 48.7 Å². The average molecular weight is 881 g/mol. The zero-order chi connectivity index (χ0) is 45.4. The number of amides is 3. The summed E-state index contributed by atoms with van der Waals surface area (Å²) in [6.07, 6.45) is 1.06. The number of aliphatic hydroxyl groups is 1. The van der Waals surface area contributed by atoms with E-state index in [0.29, 0.717) is 44.4 Å². The van der Waals surface area contributed by atoms with Crippen molar-refractivity contribution in [3.05, 3.63) is 65.9 Å². The van der Waals surface area contributed by atoms with E-state index < -0.39 is 36.6 Å². The molecule has 17 heteroatoms. The second-order valence-corrected chi connectivity index (χ2v) is 17.6. The molecule has 5 aromatic rings. The summed E-state index contributed by atoms with van der Waals surface area (Å²) in [4.78, 5) is 59.3. The first-order valence-corrected chi connectivity index (χ1v) is 22.1. The van der Waals surface area contributed by atoms with Crippen molar-refractivity contribution in [2.75, 3.05) is 48.1 Å². The first kappa shape index (κ1) is 44.8. The number of aromatic amines is 2. The van der Waals surface area contributed by atoms with Gasteiger partial charge in [-0.3, -0.25) is 9.69 Å². The summed E-state index contributed by atoms with van der Waals surface area (Å²) in [5.41, 5.74) is 6.54. The van der Waals surface area contributed by atoms with Gasteiger partial charge in [-0.2, -0.15) is 0 Å². The van der Waals surface area contributed by atoms with Gasteiger partial charge in [0, 0.05) is 38.3 Å². The number of imidazole rings is 2. The zero-order valence-corrected chi connectivity index (χ0v) is 37.8. The molecule has 2 aromatic heterocycles. The quantitative estimate of drug-likeness (QED) is 0.0819. The van der Waals surface area contributed by atoms with Gasteiger partial charge < -0.3 is 54.3 Å². The monoisotopic (exact) mass is 880 g/mol. The molecule has 0 saturated carbocycles. The predicted molar refractivity (Wildman–Crippen MR) is 239 cm³/mol. The molecule has 9 atom stereocenters. The fourth-order valence-electron chi connectivity index (χ4n) is 9.74. The van der Waals surface area contributed by atoms with Crippen LogP contribution in [0.2, 0.25) is 0 Å². The Balaban J connectivity index is 1.05. The summed E-state index contributed by atoms with van der Waals surface area (Å²) in [5, 5.41) is 19.3. The molecule has 0 bridgehead atoms. The Morgan fingerprint density at radius 2 is 1.72 bits per heavy atom. The van der Waals surface area contributed by atoms with Gasteiger partial charge in [0.15, 0.2) is 0 Å². The number of ether oxygens (including phenoxy) is 5. The molecule has 3 aliphatic heterocycles. The molecule has 2 unspecified atom stereocenters. The second-order valence-electron chi connectivity index (χ2n) is 17.6. The van der Waals surface area contributed by atoms with Gasteiger partial charge in [0.05, 0.1) is 68.0 Å². The summed E-state index contributed by atoms with van der Waals surface area (Å²) in [6.45, 7) is 9.84. The molecule has 3 aliphatic rings. The topological polar surface area (TPSA) is 205 Å². The maximum absolute atomic E-state index is 14.0. The van der Waals surface area contributed by atoms with E-state index in [2.05, 4.69) is 63.9 Å². The largest absolute Gasteiger partial charge is 0.488 e. The van der Waals surface area contributed by atoms with Crippen molar-refractivity contribution in [1.29, 1.82) is 0 Å². The van der Waals surface area contributed by atoms with Gasteiger partial charge in [-0.05, 0) is 83.9 Å². The van der Waals surface area contributed by atoms with Gasteiger partial charge in [-0.15, -0.1) is 0 Å². The van der Waals surface area contributed by atoms with Gasteiger partial charge in [-0.1, -0.05) is 45.4 Å². The van der Waals surface area contributed by atoms with Gasteiger partial charge in [0.2, 0.25) is 5.91 Å². The van der Waals surface area contributed by atoms with Crippen molar-refractivity contribution in [3.8, 4) is 28.1 Å². The van der Waals surface area contributed by atoms with Crippen molar-refractivity contribution in [3.63, 3.8) is 0 Å². The fraction of sp³-hybridized carbons (Fsp3) is 0.511. The number of nitrogens with zero attached hydrogens (tertiary/aromatic N) is 4. The number of fused-ring (bicyclic) bond motifs is 6. The average Bonchev–Trinajstić information content (AvgIpc) is 4.14. The second kappa shape index (κ2) is 18.8. The first-order valence-electron chi connectivity index (χ1n) is 22.1. The van der Waals surface area contributed by atoms with E-state index >= 15 is 0 Å². The number of H-pyrrole nitrogens is 2. The number of hydrogen-bond acceptors (Lipinski definition) is 12. The smallest absolute Gasteiger partial charge is 0.407 e. The molecule has 5 N–H and O–H groups in total. The molecule has 5 heterocycles. The molecule has 8 rings (SSSR count). The number of alkyl carbamates (subject to hydrolysis) is 2. The highest BCUT2D eigenvalue weighted by atomic mass is 16.5. The molecule has 342 valence electrons. The maximum atomic E-state index is 14.0. The van der Waals surface area contributed by atoms with E-state index in [9.17, 15) is 19.5 Å². The SMILES string of the molecule is CC[C@H](C)[C@H](NC(=O)OC)C(=O)N1C[C@@H](C)CC1c1ncc(-c2ccc3c(c2)COc2cc4c(ccc5nc([C@@H]6C[C@H](COC)CN6C(O)[C@@H](NC(=O)OC)[C@@H](C)OC)[nH]c54)cc2-3)[nH]1. The van der Waals surface area contributed by atoms with Gasteiger partial charge in [0.1, 0.15) is 36.3 Å². The standard InChI is InChI=1S/C47H60N8O9/c1-9-25(3)39(52-46(58)62-7)44(56)54-20-24(2)14-36(54)42-48-19-35(50-42)29-10-12-31-30(16-29)23-64-38-18-32-28(17-33(31)38)11-13-34-41(32)51-43(49-34)37-15-27(22-60-5)21-55(37)45(57)40(26(4)61-6)53-47(59)63-8/h10-13,16-19,24-27,36-37,39-40,45,57H,9,14-15,20-23H2,1-8H3,(H,48,50)(H,49,51)(H,52,58)(H,53,59)/t24-,25-,26+,27-,36?,37-,39-,40-,45?/m0/s1. The van der Waals surface area contributed by atoms with E-state index in [-0.39, 0.29) is 35.7 Å². The molecule has 17 nitrogen and oxygen atoms in total. The number of aromatic nitrogens is 4. The molecule has 0 spiro atoms. The number of nitrogens with one attached hydrogen (secondary N) is 4. The van der Waals surface area contributed by atoms with E-state index in [0.717, 1.165) is 68.3 Å². The van der Waals surface area contributed by atoms with Crippen molar-refractivity contribution >= 4 is 39.9 Å². The van der Waals surface area contributed by atoms with Crippen LogP contribution in [0.1, 0.15) is 76.3 Å². The normalized spacial score (nSPS) is 22.0. The van der Waals surface area contributed by atoms with Crippen LogP contribution in [0, 0.1) is 17.8 Å². The minimum atomic E-state index is -1.11. The highest BCUT2D eigenvalue weighted by molar-refractivity contribution is 6.07. The van der Waals surface area contributed by atoms with Crippen LogP contribution in [0.25, 0.3) is 44.2 Å². The van der Waals surface area contributed by atoms with Crippen LogP contribution in [0.3, 0.4) is 0 Å². The fourth-order valence-corrected chi connectivity index (χ4v) is 9.74. The molecule has 0 radical (unpaired) electrons. The molecule has 2 saturated heterocycles. The van der Waals surface area contributed by atoms with Gasteiger partial charge in [0.25, 0.3) is 0 Å². The van der Waals surface area contributed by atoms with Crippen LogP contribution in [0.4, 0.5) is 9.59 Å². The number of carbonyl (C=O) groups excluding carboxylic acids is 3. The Bertz CT molecular complexity index is 2510. The predicted octanol–water partition coefficient (Wildman–Crippen LogP) is 6.43. The summed E-state index contributed by atoms with van der Waals surface area (Å²) in [5.74, 6) is 2.33. The van der Waals surface area contributed by atoms with Crippen LogP contribution in [0.5, 0.6) is 5.75 Å². The van der Waals surface area contributed by atoms with Gasteiger partial charge in [-0.25, -0.2) is 19.6 Å². The maximum Gasteiger partial charge on any atom is 0.407 e. The van der Waals surface area contributed by atoms with Crippen molar-refractivity contribution in [2.45, 2.75) is 90.1 Å². The summed E-state index contributed by atoms with van der Waals surface area (Å²) in [7, 11) is 5.79. The lowest BCUT2D eigenvalue weighted by Crippen LogP contribution is -2.57. The van der Waals surface area contributed by atoms with Crippen LogP contribution in [-0.4, -0.2) is 125 Å². The Morgan fingerprint density at radius 1 is 0.938 bits per heavy atom. The van der Waals surface area contributed by atoms with Crippen molar-refractivity contribution < 1.29 is 43.2 Å². The highest BCUT2D eigenvalue weighted by Gasteiger charge is 2.44. The summed E-state index contributed by atoms with van der Waals surface area (Å²) >= 11 is 0. The highest BCUT2D eigenvalue weighted by Crippen LogP contribution is 2.44. The number of aliphatic hydroxyl groups excluding tert-OH is 1. The van der Waals surface area contributed by atoms with E-state index in [1.807, 2.05) is 35.9 Å². The number of benzene rings is 3. The van der Waals surface area contributed by atoms with E-state index in [1.54, 1.807) is 14.0 Å². The lowest BCUT2D eigenvalue weighted by Gasteiger charge is -2.36. The summed E-state index contributed by atoms with van der Waals surface area (Å²) < 4.78 is 27.3. The zero-order valence-electron chi connectivity index (χ0n) is 37.8. The third kappa shape index (κ3) is 8.61. The minimum Gasteiger partial charge on any atom is -0.488 e. The number of rotatable bonds is 14. The molecule has 3 aromatic carbocycles. The third-order valence-electron chi connectivity index (χ3n) is 13.5. The third-order valence-corrected chi connectivity index (χ3v) is 13.5. The lowest BCUT2D eigenvalue weighted by molar-refractivity contribution is -0.135. The lowest BCUT2D eigenvalue weighted by atomic mass is 9.92. The Hall–Kier alpha value is -5.75. The van der Waals surface area contributed by atoms with Crippen LogP contribution in [-0.2, 0) is 30.3 Å². The number of carbonyl (C=O) groups is 3. The van der Waals surface area contributed by atoms with Crippen LogP contribution >= 0.6 is 0 Å². The van der Waals surface area contributed by atoms with E-state index in [4.69, 9.17) is 33.7 Å². The Morgan fingerprint density at radius 3 is 2.45 bits per heavy atom. The Labute approximate surface area is 372 Å². The molecule has 64 heavy (non-hydrogen) atoms.